The first kappa shape index (κ1) is 10.3. The number of ketones is 1. The summed E-state index contributed by atoms with van der Waals surface area (Å²) in [6.45, 7) is 0. The molecule has 3 unspecified atom stereocenters. The minimum Gasteiger partial charge on any atom is -0.475 e. The summed E-state index contributed by atoms with van der Waals surface area (Å²) in [6.07, 6.45) is 4.32. The number of aliphatic carboxylic acids is 1. The Labute approximate surface area is 93.6 Å². The minimum atomic E-state index is -1.33. The van der Waals surface area contributed by atoms with E-state index in [4.69, 9.17) is 5.11 Å². The van der Waals surface area contributed by atoms with Crippen LogP contribution in [0.1, 0.15) is 38.5 Å². The Balaban J connectivity index is 1.98. The molecule has 2 N–H and O–H groups in total. The third-order valence-corrected chi connectivity index (χ3v) is 4.71. The van der Waals surface area contributed by atoms with Crippen molar-refractivity contribution in [2.24, 2.45) is 17.3 Å². The van der Waals surface area contributed by atoms with E-state index in [9.17, 15) is 14.7 Å². The van der Waals surface area contributed by atoms with Gasteiger partial charge in [0.25, 0.3) is 0 Å². The summed E-state index contributed by atoms with van der Waals surface area (Å²) in [5.74, 6) is -1.28. The standard InChI is InChI=1S/C12H16O4/c13-9(10(14)15)11-2-7-1-8(3-11)5-12(16,4-7)6-11/h7-8,16H,1-6H2,(H,14,15)/t7-,8?,11?,12?/m0/s1. The molecule has 0 aliphatic heterocycles. The van der Waals surface area contributed by atoms with Gasteiger partial charge >= 0.3 is 5.97 Å². The van der Waals surface area contributed by atoms with Crippen LogP contribution in [0.15, 0.2) is 0 Å². The van der Waals surface area contributed by atoms with Crippen LogP contribution in [0.4, 0.5) is 0 Å². The van der Waals surface area contributed by atoms with Gasteiger partial charge < -0.3 is 10.2 Å². The van der Waals surface area contributed by atoms with Crippen molar-refractivity contribution in [3.8, 4) is 0 Å². The van der Waals surface area contributed by atoms with E-state index in [1.165, 1.54) is 0 Å². The molecule has 0 aromatic rings. The molecule has 88 valence electrons. The number of carbonyl (C=O) groups excluding carboxylic acids is 1. The molecule has 0 spiro atoms. The molecule has 0 amide bonds. The molecule has 0 heterocycles. The predicted octanol–water partition coefficient (Wildman–Crippen LogP) is 0.971. The molecule has 4 atom stereocenters. The summed E-state index contributed by atoms with van der Waals surface area (Å²) in [6, 6.07) is 0. The lowest BCUT2D eigenvalue weighted by molar-refractivity contribution is -0.182. The van der Waals surface area contributed by atoms with Crippen molar-refractivity contribution in [1.29, 1.82) is 0 Å². The highest BCUT2D eigenvalue weighted by Gasteiger charge is 2.61. The molecule has 4 fully saturated rings. The van der Waals surface area contributed by atoms with Crippen LogP contribution in [0.5, 0.6) is 0 Å². The van der Waals surface area contributed by atoms with Gasteiger partial charge in [0, 0.05) is 5.41 Å². The van der Waals surface area contributed by atoms with Crippen molar-refractivity contribution in [3.63, 3.8) is 0 Å². The summed E-state index contributed by atoms with van der Waals surface area (Å²) < 4.78 is 0. The lowest BCUT2D eigenvalue weighted by atomic mass is 9.47. The minimum absolute atomic E-state index is 0.356. The average Bonchev–Trinajstić information content (AvgIpc) is 2.12. The van der Waals surface area contributed by atoms with Gasteiger partial charge in [-0.05, 0) is 50.4 Å². The fourth-order valence-electron chi connectivity index (χ4n) is 4.71. The third kappa shape index (κ3) is 1.25. The van der Waals surface area contributed by atoms with Crippen LogP contribution in [-0.2, 0) is 9.59 Å². The fraction of sp³-hybridized carbons (Fsp3) is 0.833. The second-order valence-corrected chi connectivity index (χ2v) is 6.10. The third-order valence-electron chi connectivity index (χ3n) is 4.71. The number of carboxylic acid groups (broad SMARTS) is 1. The van der Waals surface area contributed by atoms with Crippen molar-refractivity contribution in [2.75, 3.05) is 0 Å². The van der Waals surface area contributed by atoms with Gasteiger partial charge in [-0.15, -0.1) is 0 Å². The van der Waals surface area contributed by atoms with Gasteiger partial charge in [0.05, 0.1) is 5.60 Å². The predicted molar refractivity (Wildman–Crippen MR) is 54.7 cm³/mol. The quantitative estimate of drug-likeness (QED) is 0.685. The smallest absolute Gasteiger partial charge is 0.372 e. The highest BCUT2D eigenvalue weighted by Crippen LogP contribution is 2.61. The van der Waals surface area contributed by atoms with Gasteiger partial charge in [0.2, 0.25) is 5.78 Å². The molecule has 4 aliphatic rings. The van der Waals surface area contributed by atoms with Crippen molar-refractivity contribution < 1.29 is 19.8 Å². The van der Waals surface area contributed by atoms with E-state index in [-0.39, 0.29) is 0 Å². The summed E-state index contributed by atoms with van der Waals surface area (Å²) in [4.78, 5) is 22.7. The molecule has 0 radical (unpaired) electrons. The first-order valence-electron chi connectivity index (χ1n) is 5.93. The lowest BCUT2D eigenvalue weighted by Crippen LogP contribution is -2.59. The van der Waals surface area contributed by atoms with Crippen LogP contribution in [0.3, 0.4) is 0 Å². The molecule has 0 aromatic heterocycles. The molecule has 4 saturated carbocycles. The molecule has 4 heteroatoms. The molecule has 4 bridgehead atoms. The molecule has 4 rings (SSSR count). The Morgan fingerprint density at radius 3 is 2.06 bits per heavy atom. The summed E-state index contributed by atoms with van der Waals surface area (Å²) >= 11 is 0. The van der Waals surface area contributed by atoms with Gasteiger partial charge in [0.1, 0.15) is 0 Å². The van der Waals surface area contributed by atoms with E-state index in [1.54, 1.807) is 0 Å². The van der Waals surface area contributed by atoms with E-state index in [2.05, 4.69) is 0 Å². The largest absolute Gasteiger partial charge is 0.475 e. The molecular formula is C12H16O4. The Hall–Kier alpha value is -0.900. The van der Waals surface area contributed by atoms with Crippen LogP contribution in [-0.4, -0.2) is 27.6 Å². The Kier molecular flexibility index (Phi) is 1.83. The fourth-order valence-corrected chi connectivity index (χ4v) is 4.71. The van der Waals surface area contributed by atoms with Gasteiger partial charge in [0.15, 0.2) is 0 Å². The number of Topliss-reactive ketones (excluding diaryl/α,β-unsaturated/α-hetero) is 1. The maximum atomic E-state index is 11.8. The van der Waals surface area contributed by atoms with Crippen molar-refractivity contribution >= 4 is 11.8 Å². The molecule has 16 heavy (non-hydrogen) atoms. The Morgan fingerprint density at radius 2 is 1.62 bits per heavy atom. The SMILES string of the molecule is O=C(O)C(=O)C12CC3C[C@H](CC(O)(C3)C1)C2. The van der Waals surface area contributed by atoms with Crippen LogP contribution in [0.2, 0.25) is 0 Å². The van der Waals surface area contributed by atoms with Gasteiger partial charge in [-0.3, -0.25) is 4.79 Å². The highest BCUT2D eigenvalue weighted by atomic mass is 16.4. The molecule has 0 aromatic carbocycles. The Morgan fingerprint density at radius 1 is 1.06 bits per heavy atom. The molecular weight excluding hydrogens is 208 g/mol. The summed E-state index contributed by atoms with van der Waals surface area (Å²) in [5.41, 5.74) is -1.50. The lowest BCUT2D eigenvalue weighted by Gasteiger charge is -2.58. The Bertz CT molecular complexity index is 359. The van der Waals surface area contributed by atoms with Gasteiger partial charge in [-0.25, -0.2) is 4.79 Å². The van der Waals surface area contributed by atoms with E-state index < -0.39 is 22.8 Å². The summed E-state index contributed by atoms with van der Waals surface area (Å²) in [7, 11) is 0. The van der Waals surface area contributed by atoms with E-state index in [0.717, 1.165) is 19.3 Å². The van der Waals surface area contributed by atoms with Crippen molar-refractivity contribution in [3.05, 3.63) is 0 Å². The van der Waals surface area contributed by atoms with Crippen molar-refractivity contribution in [2.45, 2.75) is 44.1 Å². The molecule has 4 nitrogen and oxygen atoms in total. The van der Waals surface area contributed by atoms with Crippen molar-refractivity contribution in [1.82, 2.24) is 0 Å². The number of aliphatic hydroxyl groups is 1. The number of hydrogen-bond acceptors (Lipinski definition) is 3. The van der Waals surface area contributed by atoms with Gasteiger partial charge in [-0.1, -0.05) is 0 Å². The number of rotatable bonds is 2. The second kappa shape index (κ2) is 2.86. The van der Waals surface area contributed by atoms with Crippen LogP contribution in [0, 0.1) is 17.3 Å². The average molecular weight is 224 g/mol. The second-order valence-electron chi connectivity index (χ2n) is 6.10. The highest BCUT2D eigenvalue weighted by molar-refractivity contribution is 6.35. The topological polar surface area (TPSA) is 74.6 Å². The monoisotopic (exact) mass is 224 g/mol. The van der Waals surface area contributed by atoms with E-state index in [1.807, 2.05) is 0 Å². The normalized spacial score (nSPS) is 49.3. The van der Waals surface area contributed by atoms with Crippen LogP contribution < -0.4 is 0 Å². The summed E-state index contributed by atoms with van der Waals surface area (Å²) in [5, 5.41) is 19.2. The zero-order valence-electron chi connectivity index (χ0n) is 9.11. The maximum absolute atomic E-state index is 11.8. The van der Waals surface area contributed by atoms with Crippen LogP contribution >= 0.6 is 0 Å². The number of carbonyl (C=O) groups is 2. The van der Waals surface area contributed by atoms with Gasteiger partial charge in [-0.2, -0.15) is 0 Å². The zero-order chi connectivity index (χ0) is 11.6. The number of carboxylic acids is 1. The first-order chi connectivity index (χ1) is 7.42. The van der Waals surface area contributed by atoms with Crippen LogP contribution in [0.25, 0.3) is 0 Å². The van der Waals surface area contributed by atoms with E-state index >= 15 is 0 Å². The first-order valence-corrected chi connectivity index (χ1v) is 5.93. The zero-order valence-corrected chi connectivity index (χ0v) is 9.11. The number of hydrogen-bond donors (Lipinski definition) is 2. The molecule has 0 saturated heterocycles. The molecule has 4 aliphatic carbocycles. The van der Waals surface area contributed by atoms with E-state index in [0.29, 0.717) is 31.1 Å². The maximum Gasteiger partial charge on any atom is 0.372 e.